The third-order valence-corrected chi connectivity index (χ3v) is 4.59. The van der Waals surface area contributed by atoms with Crippen LogP contribution in [0.2, 0.25) is 0 Å². The third-order valence-electron chi connectivity index (χ3n) is 4.59. The van der Waals surface area contributed by atoms with Crippen LogP contribution in [0.25, 0.3) is 0 Å². The van der Waals surface area contributed by atoms with Gasteiger partial charge in [0, 0.05) is 30.9 Å². The summed E-state index contributed by atoms with van der Waals surface area (Å²) in [5.41, 5.74) is 10.1. The molecule has 25 heavy (non-hydrogen) atoms. The van der Waals surface area contributed by atoms with Crippen LogP contribution < -0.4 is 11.1 Å². The minimum atomic E-state index is -0.126. The zero-order chi connectivity index (χ0) is 18.0. The third kappa shape index (κ3) is 3.65. The Morgan fingerprint density at radius 3 is 2.44 bits per heavy atom. The molecule has 0 aromatic heterocycles. The molecule has 0 spiro atoms. The summed E-state index contributed by atoms with van der Waals surface area (Å²) in [5.74, 6) is -0.204. The topological polar surface area (TPSA) is 75.4 Å². The first-order chi connectivity index (χ1) is 12.0. The molecular formula is C20H23N3O2. The van der Waals surface area contributed by atoms with Crippen LogP contribution in [0.4, 0.5) is 5.69 Å². The van der Waals surface area contributed by atoms with Crippen molar-refractivity contribution in [2.45, 2.75) is 25.3 Å². The number of carbonyl (C=O) groups excluding carboxylic acids is 2. The van der Waals surface area contributed by atoms with Crippen molar-refractivity contribution in [2.24, 2.45) is 0 Å². The molecule has 2 aromatic rings. The van der Waals surface area contributed by atoms with E-state index in [4.69, 9.17) is 5.73 Å². The van der Waals surface area contributed by atoms with Crippen molar-refractivity contribution in [3.63, 3.8) is 0 Å². The van der Waals surface area contributed by atoms with Gasteiger partial charge in [0.05, 0.1) is 6.04 Å². The summed E-state index contributed by atoms with van der Waals surface area (Å²) in [7, 11) is 3.41. The average molecular weight is 337 g/mol. The molecule has 5 heteroatoms. The van der Waals surface area contributed by atoms with Crippen LogP contribution in [0.15, 0.2) is 42.5 Å². The molecule has 1 aliphatic carbocycles. The quantitative estimate of drug-likeness (QED) is 0.846. The molecule has 2 aromatic carbocycles. The smallest absolute Gasteiger partial charge is 0.253 e. The lowest BCUT2D eigenvalue weighted by Crippen LogP contribution is -2.31. The van der Waals surface area contributed by atoms with Crippen molar-refractivity contribution in [2.75, 3.05) is 19.8 Å². The first kappa shape index (κ1) is 17.0. The summed E-state index contributed by atoms with van der Waals surface area (Å²) in [5, 5.41) is 3.11. The molecule has 130 valence electrons. The molecule has 1 unspecified atom stereocenters. The van der Waals surface area contributed by atoms with E-state index in [0.29, 0.717) is 11.1 Å². The Kier molecular flexibility index (Phi) is 4.74. The highest BCUT2D eigenvalue weighted by Gasteiger charge is 2.22. The van der Waals surface area contributed by atoms with Gasteiger partial charge in [-0.15, -0.1) is 0 Å². The van der Waals surface area contributed by atoms with Crippen LogP contribution in [0.1, 0.15) is 50.7 Å². The number of rotatable bonds is 3. The maximum Gasteiger partial charge on any atom is 0.253 e. The van der Waals surface area contributed by atoms with Crippen LogP contribution >= 0.6 is 0 Å². The van der Waals surface area contributed by atoms with E-state index in [-0.39, 0.29) is 17.9 Å². The highest BCUT2D eigenvalue weighted by molar-refractivity contribution is 5.97. The van der Waals surface area contributed by atoms with Gasteiger partial charge >= 0.3 is 0 Å². The predicted molar refractivity (Wildman–Crippen MR) is 98.5 cm³/mol. The zero-order valence-corrected chi connectivity index (χ0v) is 14.6. The first-order valence-corrected chi connectivity index (χ1v) is 8.46. The van der Waals surface area contributed by atoms with Crippen LogP contribution in [0.5, 0.6) is 0 Å². The molecule has 0 bridgehead atoms. The van der Waals surface area contributed by atoms with Gasteiger partial charge in [-0.05, 0) is 66.8 Å². The Balaban J connectivity index is 1.74. The van der Waals surface area contributed by atoms with Crippen LogP contribution in [-0.4, -0.2) is 30.8 Å². The van der Waals surface area contributed by atoms with E-state index in [1.54, 1.807) is 38.4 Å². The number of hydrogen-bond donors (Lipinski definition) is 2. The van der Waals surface area contributed by atoms with Crippen LogP contribution in [0, 0.1) is 0 Å². The minimum absolute atomic E-state index is 0.0000615. The van der Waals surface area contributed by atoms with Gasteiger partial charge in [-0.25, -0.2) is 0 Å². The lowest BCUT2D eigenvalue weighted by Gasteiger charge is -2.26. The molecule has 0 heterocycles. The molecule has 1 atom stereocenters. The second-order valence-electron chi connectivity index (χ2n) is 6.65. The number of nitrogens with zero attached hydrogens (tertiary/aromatic N) is 1. The van der Waals surface area contributed by atoms with Gasteiger partial charge in [-0.2, -0.15) is 0 Å². The van der Waals surface area contributed by atoms with Crippen molar-refractivity contribution in [1.29, 1.82) is 0 Å². The number of nitrogen functional groups attached to an aromatic ring is 1. The maximum atomic E-state index is 12.6. The van der Waals surface area contributed by atoms with E-state index >= 15 is 0 Å². The van der Waals surface area contributed by atoms with Gasteiger partial charge in [-0.3, -0.25) is 9.59 Å². The molecule has 0 saturated heterocycles. The van der Waals surface area contributed by atoms with Crippen LogP contribution in [0.3, 0.4) is 0 Å². The standard InChI is InChI=1S/C20H23N3O2/c1-23(2)20(25)14-8-6-13(7-9-14)19(24)22-18-5-3-4-15-12-16(21)10-11-17(15)18/h6-12,18H,3-5,21H2,1-2H3,(H,22,24). The van der Waals surface area contributed by atoms with Gasteiger partial charge in [0.15, 0.2) is 0 Å². The summed E-state index contributed by atoms with van der Waals surface area (Å²) in [4.78, 5) is 26.0. The number of nitrogens with one attached hydrogen (secondary N) is 1. The Hall–Kier alpha value is -2.82. The summed E-state index contributed by atoms with van der Waals surface area (Å²) in [6, 6.07) is 12.6. The highest BCUT2D eigenvalue weighted by Crippen LogP contribution is 2.31. The lowest BCUT2D eigenvalue weighted by atomic mass is 9.87. The highest BCUT2D eigenvalue weighted by atomic mass is 16.2. The Labute approximate surface area is 147 Å². The normalized spacial score (nSPS) is 16.0. The number of carbonyl (C=O) groups is 2. The molecule has 0 radical (unpaired) electrons. The van der Waals surface area contributed by atoms with Crippen molar-refractivity contribution in [3.05, 3.63) is 64.7 Å². The number of fused-ring (bicyclic) bond motifs is 1. The monoisotopic (exact) mass is 337 g/mol. The Morgan fingerprint density at radius 1 is 1.08 bits per heavy atom. The summed E-state index contributed by atoms with van der Waals surface area (Å²) < 4.78 is 0. The summed E-state index contributed by atoms with van der Waals surface area (Å²) in [6.45, 7) is 0. The van der Waals surface area contributed by atoms with Gasteiger partial charge in [0.2, 0.25) is 0 Å². The fraction of sp³-hybridized carbons (Fsp3) is 0.300. The molecule has 2 amide bonds. The van der Waals surface area contributed by atoms with Crippen molar-refractivity contribution < 1.29 is 9.59 Å². The minimum Gasteiger partial charge on any atom is -0.399 e. The molecular weight excluding hydrogens is 314 g/mol. The largest absolute Gasteiger partial charge is 0.399 e. The molecule has 0 fully saturated rings. The molecule has 0 saturated carbocycles. The van der Waals surface area contributed by atoms with Gasteiger partial charge in [0.1, 0.15) is 0 Å². The number of aryl methyl sites for hydroxylation is 1. The number of hydrogen-bond acceptors (Lipinski definition) is 3. The summed E-state index contributed by atoms with van der Waals surface area (Å²) in [6.07, 6.45) is 2.94. The van der Waals surface area contributed by atoms with Crippen molar-refractivity contribution in [1.82, 2.24) is 10.2 Å². The summed E-state index contributed by atoms with van der Waals surface area (Å²) >= 11 is 0. The van der Waals surface area contributed by atoms with E-state index in [9.17, 15) is 9.59 Å². The number of amides is 2. The fourth-order valence-corrected chi connectivity index (χ4v) is 3.25. The predicted octanol–water partition coefficient (Wildman–Crippen LogP) is 2.78. The van der Waals surface area contributed by atoms with Gasteiger partial charge < -0.3 is 16.0 Å². The van der Waals surface area contributed by atoms with Gasteiger partial charge in [0.25, 0.3) is 11.8 Å². The maximum absolute atomic E-state index is 12.6. The average Bonchev–Trinajstić information content (AvgIpc) is 2.61. The fourth-order valence-electron chi connectivity index (χ4n) is 3.25. The second kappa shape index (κ2) is 6.97. The molecule has 3 rings (SSSR count). The SMILES string of the molecule is CN(C)C(=O)c1ccc(C(=O)NC2CCCc3cc(N)ccc32)cc1. The van der Waals surface area contributed by atoms with E-state index in [1.807, 2.05) is 18.2 Å². The first-order valence-electron chi connectivity index (χ1n) is 8.46. The number of benzene rings is 2. The van der Waals surface area contributed by atoms with Crippen LogP contribution in [-0.2, 0) is 6.42 Å². The Bertz CT molecular complexity index is 797. The number of anilines is 1. The molecule has 1 aliphatic rings. The van der Waals surface area contributed by atoms with E-state index in [1.165, 1.54) is 10.5 Å². The number of nitrogens with two attached hydrogens (primary N) is 1. The second-order valence-corrected chi connectivity index (χ2v) is 6.65. The van der Waals surface area contributed by atoms with Gasteiger partial charge in [-0.1, -0.05) is 6.07 Å². The van der Waals surface area contributed by atoms with E-state index in [0.717, 1.165) is 30.5 Å². The van der Waals surface area contributed by atoms with Crippen molar-refractivity contribution in [3.8, 4) is 0 Å². The van der Waals surface area contributed by atoms with E-state index < -0.39 is 0 Å². The Morgan fingerprint density at radius 2 is 1.76 bits per heavy atom. The molecule has 3 N–H and O–H groups in total. The molecule has 5 nitrogen and oxygen atoms in total. The lowest BCUT2D eigenvalue weighted by molar-refractivity contribution is 0.0826. The zero-order valence-electron chi connectivity index (χ0n) is 14.6. The van der Waals surface area contributed by atoms with Crippen molar-refractivity contribution >= 4 is 17.5 Å². The van der Waals surface area contributed by atoms with E-state index in [2.05, 4.69) is 5.32 Å². The molecule has 0 aliphatic heterocycles.